The zero-order valence-corrected chi connectivity index (χ0v) is 19.4. The molecule has 2 aliphatic carbocycles. The number of imide groups is 1. The number of carbonyl (C=O) groups excluding carboxylic acids is 3. The van der Waals surface area contributed by atoms with Crippen molar-refractivity contribution in [1.29, 1.82) is 0 Å². The Balaban J connectivity index is 1.26. The van der Waals surface area contributed by atoms with Gasteiger partial charge in [0.05, 0.1) is 6.10 Å². The molecule has 3 amide bonds. The lowest BCUT2D eigenvalue weighted by molar-refractivity contribution is -0.136. The fourth-order valence-electron chi connectivity index (χ4n) is 6.37. The van der Waals surface area contributed by atoms with Crippen molar-refractivity contribution in [3.63, 3.8) is 0 Å². The van der Waals surface area contributed by atoms with Gasteiger partial charge in [-0.2, -0.15) is 0 Å². The van der Waals surface area contributed by atoms with Gasteiger partial charge in [0.2, 0.25) is 11.8 Å². The molecule has 1 N–H and O–H groups in total. The molecule has 0 bridgehead atoms. The molecule has 1 unspecified atom stereocenters. The Bertz CT molecular complexity index is 931. The Morgan fingerprint density at radius 1 is 0.970 bits per heavy atom. The average Bonchev–Trinajstić information content (AvgIpc) is 3.39. The van der Waals surface area contributed by atoms with Crippen LogP contribution < -0.4 is 10.1 Å². The Kier molecular flexibility index (Phi) is 6.41. The highest BCUT2D eigenvalue weighted by Gasteiger charge is 2.39. The molecule has 1 aromatic rings. The van der Waals surface area contributed by atoms with Crippen LogP contribution in [0.4, 0.5) is 0 Å². The SMILES string of the molecule is CO[C@H]1CCC[C@@H]1C[C@@H]1CCCC[C@H]1Oc1ccc2c(c1)CN(C1CCC(=O)NC1=O)C2=O. The van der Waals surface area contributed by atoms with Crippen molar-refractivity contribution in [2.75, 3.05) is 7.11 Å². The molecule has 0 spiro atoms. The number of fused-ring (bicyclic) bond motifs is 1. The van der Waals surface area contributed by atoms with E-state index in [0.29, 0.717) is 36.5 Å². The summed E-state index contributed by atoms with van der Waals surface area (Å²) in [6, 6.07) is 5.10. The van der Waals surface area contributed by atoms with Crippen molar-refractivity contribution in [2.24, 2.45) is 11.8 Å². The predicted octanol–water partition coefficient (Wildman–Crippen LogP) is 3.59. The molecule has 2 saturated carbocycles. The third kappa shape index (κ3) is 4.52. The number of amides is 3. The third-order valence-electron chi connectivity index (χ3n) is 8.12. The standard InChI is InChI=1S/C26H34N2O5/c1-32-22-8-4-6-16(22)13-17-5-2-3-7-23(17)33-19-9-10-20-18(14-19)15-28(26(20)31)21-11-12-24(29)27-25(21)30/h9-10,14,16-17,21-23H,2-8,11-13,15H2,1H3,(H,27,29,30)/t16-,17+,21?,22+,23-/m1/s1. The summed E-state index contributed by atoms with van der Waals surface area (Å²) in [7, 11) is 1.84. The van der Waals surface area contributed by atoms with Gasteiger partial charge < -0.3 is 14.4 Å². The second-order valence-corrected chi connectivity index (χ2v) is 10.1. The number of nitrogens with one attached hydrogen (secondary N) is 1. The lowest BCUT2D eigenvalue weighted by atomic mass is 9.79. The number of hydrogen-bond donors (Lipinski definition) is 1. The first-order chi connectivity index (χ1) is 16.0. The van der Waals surface area contributed by atoms with E-state index in [9.17, 15) is 14.4 Å². The second-order valence-electron chi connectivity index (χ2n) is 10.1. The van der Waals surface area contributed by atoms with Crippen molar-refractivity contribution in [2.45, 2.75) is 89.0 Å². The summed E-state index contributed by atoms with van der Waals surface area (Å²) in [6.45, 7) is 0.378. The minimum absolute atomic E-state index is 0.145. The topological polar surface area (TPSA) is 84.9 Å². The number of rotatable bonds is 6. The summed E-state index contributed by atoms with van der Waals surface area (Å²) in [5.74, 6) is 1.17. The van der Waals surface area contributed by atoms with Crippen LogP contribution in [0.3, 0.4) is 0 Å². The Morgan fingerprint density at radius 2 is 1.73 bits per heavy atom. The van der Waals surface area contributed by atoms with Gasteiger partial charge >= 0.3 is 0 Å². The quantitative estimate of drug-likeness (QED) is 0.664. The van der Waals surface area contributed by atoms with Gasteiger partial charge in [-0.15, -0.1) is 0 Å². The summed E-state index contributed by atoms with van der Waals surface area (Å²) in [4.78, 5) is 38.3. The van der Waals surface area contributed by atoms with Gasteiger partial charge in [-0.3, -0.25) is 19.7 Å². The van der Waals surface area contributed by atoms with Crippen LogP contribution in [0.2, 0.25) is 0 Å². The molecule has 2 aliphatic heterocycles. The van der Waals surface area contributed by atoms with Gasteiger partial charge in [0.15, 0.2) is 0 Å². The van der Waals surface area contributed by atoms with Crippen LogP contribution in [0.1, 0.15) is 80.1 Å². The largest absolute Gasteiger partial charge is 0.490 e. The van der Waals surface area contributed by atoms with Crippen LogP contribution in [-0.4, -0.2) is 48.0 Å². The van der Waals surface area contributed by atoms with Crippen molar-refractivity contribution >= 4 is 17.7 Å². The van der Waals surface area contributed by atoms with Gasteiger partial charge in [0.1, 0.15) is 17.9 Å². The number of hydrogen-bond acceptors (Lipinski definition) is 5. The molecule has 5 atom stereocenters. The fraction of sp³-hybridized carbons (Fsp3) is 0.654. The Morgan fingerprint density at radius 3 is 2.55 bits per heavy atom. The highest BCUT2D eigenvalue weighted by molar-refractivity contribution is 6.05. The first kappa shape index (κ1) is 22.4. The summed E-state index contributed by atoms with van der Waals surface area (Å²) in [6.07, 6.45) is 10.8. The number of piperidine rings is 1. The molecular formula is C26H34N2O5. The highest BCUT2D eigenvalue weighted by atomic mass is 16.5. The maximum atomic E-state index is 12.9. The molecule has 0 aromatic heterocycles. The minimum Gasteiger partial charge on any atom is -0.490 e. The molecule has 1 aromatic carbocycles. The van der Waals surface area contributed by atoms with Gasteiger partial charge in [-0.25, -0.2) is 0 Å². The van der Waals surface area contributed by atoms with Crippen LogP contribution in [0.25, 0.3) is 0 Å². The van der Waals surface area contributed by atoms with E-state index in [4.69, 9.17) is 9.47 Å². The molecule has 4 aliphatic rings. The van der Waals surface area contributed by atoms with Crippen LogP contribution in [0.15, 0.2) is 18.2 Å². The van der Waals surface area contributed by atoms with E-state index in [1.165, 1.54) is 38.5 Å². The van der Waals surface area contributed by atoms with Gasteiger partial charge in [0, 0.05) is 25.6 Å². The van der Waals surface area contributed by atoms with Gasteiger partial charge in [-0.1, -0.05) is 12.8 Å². The van der Waals surface area contributed by atoms with Crippen LogP contribution in [0, 0.1) is 11.8 Å². The van der Waals surface area contributed by atoms with E-state index in [2.05, 4.69) is 5.32 Å². The average molecular weight is 455 g/mol. The van der Waals surface area contributed by atoms with E-state index < -0.39 is 6.04 Å². The number of nitrogens with zero attached hydrogens (tertiary/aromatic N) is 1. The summed E-state index contributed by atoms with van der Waals surface area (Å²) >= 11 is 0. The molecule has 7 heteroatoms. The van der Waals surface area contributed by atoms with Crippen LogP contribution in [-0.2, 0) is 20.9 Å². The summed E-state index contributed by atoms with van der Waals surface area (Å²) in [5.41, 5.74) is 1.52. The molecule has 3 fully saturated rings. The van der Waals surface area contributed by atoms with Crippen molar-refractivity contribution < 1.29 is 23.9 Å². The lowest BCUT2D eigenvalue weighted by Gasteiger charge is -2.34. The minimum atomic E-state index is -0.588. The second kappa shape index (κ2) is 9.45. The normalized spacial score (nSPS) is 32.1. The molecule has 7 nitrogen and oxygen atoms in total. The third-order valence-corrected chi connectivity index (χ3v) is 8.12. The van der Waals surface area contributed by atoms with Gasteiger partial charge in [-0.05, 0) is 80.5 Å². The molecule has 178 valence electrons. The predicted molar refractivity (Wildman–Crippen MR) is 122 cm³/mol. The van der Waals surface area contributed by atoms with E-state index >= 15 is 0 Å². The number of carbonyl (C=O) groups is 3. The highest BCUT2D eigenvalue weighted by Crippen LogP contribution is 2.39. The van der Waals surface area contributed by atoms with E-state index in [1.54, 1.807) is 4.90 Å². The zero-order chi connectivity index (χ0) is 22.9. The van der Waals surface area contributed by atoms with E-state index in [-0.39, 0.29) is 30.2 Å². The number of ether oxygens (including phenoxy) is 2. The maximum absolute atomic E-state index is 12.9. The summed E-state index contributed by atoms with van der Waals surface area (Å²) in [5, 5.41) is 2.36. The van der Waals surface area contributed by atoms with Crippen molar-refractivity contribution in [3.05, 3.63) is 29.3 Å². The lowest BCUT2D eigenvalue weighted by Crippen LogP contribution is -2.52. The molecule has 5 rings (SSSR count). The van der Waals surface area contributed by atoms with Crippen molar-refractivity contribution in [1.82, 2.24) is 10.2 Å². The molecule has 1 saturated heterocycles. The van der Waals surface area contributed by atoms with Crippen LogP contribution in [0.5, 0.6) is 5.75 Å². The maximum Gasteiger partial charge on any atom is 0.255 e. The molecule has 33 heavy (non-hydrogen) atoms. The number of methoxy groups -OCH3 is 1. The van der Waals surface area contributed by atoms with E-state index in [0.717, 1.165) is 24.2 Å². The molecule has 2 heterocycles. The Labute approximate surface area is 195 Å². The van der Waals surface area contributed by atoms with Gasteiger partial charge in [0.25, 0.3) is 5.91 Å². The first-order valence-electron chi connectivity index (χ1n) is 12.5. The first-order valence-corrected chi connectivity index (χ1v) is 12.5. The zero-order valence-electron chi connectivity index (χ0n) is 19.4. The molecular weight excluding hydrogens is 420 g/mol. The number of benzene rings is 1. The molecule has 0 radical (unpaired) electrons. The summed E-state index contributed by atoms with van der Waals surface area (Å²) < 4.78 is 12.3. The van der Waals surface area contributed by atoms with Crippen molar-refractivity contribution in [3.8, 4) is 5.75 Å². The Hall–Kier alpha value is -2.41. The van der Waals surface area contributed by atoms with Crippen LogP contribution >= 0.6 is 0 Å². The smallest absolute Gasteiger partial charge is 0.255 e. The monoisotopic (exact) mass is 454 g/mol. The fourth-order valence-corrected chi connectivity index (χ4v) is 6.37. The van der Waals surface area contributed by atoms with E-state index in [1.807, 2.05) is 25.3 Å².